The van der Waals surface area contributed by atoms with Crippen LogP contribution in [-0.2, 0) is 22.6 Å². The smallest absolute Gasteiger partial charge is 0.324 e. The molecule has 1 aliphatic rings. The molecular formula is C21H23N3O4. The van der Waals surface area contributed by atoms with Gasteiger partial charge < -0.3 is 15.4 Å². The van der Waals surface area contributed by atoms with E-state index in [1.165, 1.54) is 4.90 Å². The molecule has 3 rings (SSSR count). The molecule has 146 valence electrons. The van der Waals surface area contributed by atoms with Gasteiger partial charge in [-0.05, 0) is 29.7 Å². The molecule has 7 heteroatoms. The number of hydrogen-bond donors (Lipinski definition) is 2. The number of rotatable bonds is 8. The summed E-state index contributed by atoms with van der Waals surface area (Å²) in [6.45, 7) is 0.648. The van der Waals surface area contributed by atoms with Gasteiger partial charge in [-0.25, -0.2) is 4.79 Å². The maximum Gasteiger partial charge on any atom is 0.324 e. The lowest BCUT2D eigenvalue weighted by molar-refractivity contribution is -0.130. The number of carbonyl (C=O) groups excluding carboxylic acids is 3. The van der Waals surface area contributed by atoms with E-state index in [-0.39, 0.29) is 24.8 Å². The monoisotopic (exact) mass is 381 g/mol. The van der Waals surface area contributed by atoms with Gasteiger partial charge >= 0.3 is 6.03 Å². The molecule has 1 heterocycles. The molecule has 1 atom stereocenters. The summed E-state index contributed by atoms with van der Waals surface area (Å²) in [5, 5.41) is 5.37. The molecule has 7 nitrogen and oxygen atoms in total. The van der Waals surface area contributed by atoms with Gasteiger partial charge in [-0.3, -0.25) is 14.5 Å². The van der Waals surface area contributed by atoms with Crippen molar-refractivity contribution in [2.24, 2.45) is 0 Å². The van der Waals surface area contributed by atoms with Crippen molar-refractivity contribution < 1.29 is 19.1 Å². The highest BCUT2D eigenvalue weighted by Crippen LogP contribution is 2.14. The number of benzene rings is 2. The first kappa shape index (κ1) is 19.4. The van der Waals surface area contributed by atoms with E-state index < -0.39 is 12.1 Å². The maximum absolute atomic E-state index is 12.5. The van der Waals surface area contributed by atoms with Gasteiger partial charge in [0.15, 0.2) is 0 Å². The van der Waals surface area contributed by atoms with Crippen LogP contribution in [0.15, 0.2) is 54.6 Å². The third kappa shape index (κ3) is 4.88. The summed E-state index contributed by atoms with van der Waals surface area (Å²) in [5.74, 6) is 0.105. The third-order valence-corrected chi connectivity index (χ3v) is 4.61. The largest absolute Gasteiger partial charge is 0.497 e. The fourth-order valence-electron chi connectivity index (χ4n) is 3.01. The topological polar surface area (TPSA) is 87.7 Å². The van der Waals surface area contributed by atoms with E-state index in [0.717, 1.165) is 16.9 Å². The van der Waals surface area contributed by atoms with Gasteiger partial charge in [0.25, 0.3) is 5.91 Å². The first-order valence-electron chi connectivity index (χ1n) is 9.12. The minimum Gasteiger partial charge on any atom is -0.497 e. The molecule has 0 saturated carbocycles. The Kier molecular flexibility index (Phi) is 6.26. The lowest BCUT2D eigenvalue weighted by atomic mass is 10.1. The Morgan fingerprint density at radius 3 is 2.46 bits per heavy atom. The first-order valence-corrected chi connectivity index (χ1v) is 9.12. The second kappa shape index (κ2) is 9.03. The van der Waals surface area contributed by atoms with Crippen molar-refractivity contribution in [3.63, 3.8) is 0 Å². The van der Waals surface area contributed by atoms with Crippen LogP contribution in [0.1, 0.15) is 17.5 Å². The number of urea groups is 1. The van der Waals surface area contributed by atoms with Gasteiger partial charge in [0.2, 0.25) is 5.91 Å². The van der Waals surface area contributed by atoms with Crippen LogP contribution in [0.3, 0.4) is 0 Å². The van der Waals surface area contributed by atoms with Crippen molar-refractivity contribution in [1.29, 1.82) is 0 Å². The molecule has 0 aromatic heterocycles. The Hall–Kier alpha value is -3.35. The molecule has 2 aromatic carbocycles. The zero-order valence-electron chi connectivity index (χ0n) is 15.7. The van der Waals surface area contributed by atoms with Crippen LogP contribution >= 0.6 is 0 Å². The molecule has 2 aromatic rings. The molecule has 0 spiro atoms. The Balaban J connectivity index is 1.48. The Morgan fingerprint density at radius 1 is 1.07 bits per heavy atom. The molecular weight excluding hydrogens is 358 g/mol. The van der Waals surface area contributed by atoms with Gasteiger partial charge in [-0.2, -0.15) is 0 Å². The molecule has 0 aliphatic carbocycles. The van der Waals surface area contributed by atoms with Crippen LogP contribution in [0.5, 0.6) is 5.75 Å². The second-order valence-corrected chi connectivity index (χ2v) is 6.56. The number of nitrogens with zero attached hydrogens (tertiary/aromatic N) is 1. The van der Waals surface area contributed by atoms with Crippen LogP contribution in [0.4, 0.5) is 4.79 Å². The van der Waals surface area contributed by atoms with Crippen LogP contribution in [-0.4, -0.2) is 42.4 Å². The van der Waals surface area contributed by atoms with E-state index in [0.29, 0.717) is 13.0 Å². The van der Waals surface area contributed by atoms with E-state index in [2.05, 4.69) is 10.6 Å². The molecule has 0 radical (unpaired) electrons. The van der Waals surface area contributed by atoms with Crippen LogP contribution < -0.4 is 15.4 Å². The SMILES string of the molecule is COc1ccc(CCN2C(=O)N[C@H](CC(=O)NCc3ccccc3)C2=O)cc1. The summed E-state index contributed by atoms with van der Waals surface area (Å²) in [7, 11) is 1.60. The zero-order chi connectivity index (χ0) is 19.9. The number of methoxy groups -OCH3 is 1. The standard InChI is InChI=1S/C21H23N3O4/c1-28-17-9-7-15(8-10-17)11-12-24-20(26)18(23-21(24)27)13-19(25)22-14-16-5-3-2-4-6-16/h2-10,18H,11-14H2,1H3,(H,22,25)(H,23,27)/t18-/m1/s1. The molecule has 0 unspecified atom stereocenters. The fraction of sp³-hybridized carbons (Fsp3) is 0.286. The number of nitrogens with one attached hydrogen (secondary N) is 2. The Bertz CT molecular complexity index is 836. The average molecular weight is 381 g/mol. The summed E-state index contributed by atoms with van der Waals surface area (Å²) in [4.78, 5) is 37.9. The minimum atomic E-state index is -0.820. The average Bonchev–Trinajstić information content (AvgIpc) is 2.98. The van der Waals surface area contributed by atoms with Crippen molar-refractivity contribution in [2.45, 2.75) is 25.4 Å². The molecule has 2 N–H and O–H groups in total. The summed E-state index contributed by atoms with van der Waals surface area (Å²) in [5.41, 5.74) is 1.96. The van der Waals surface area contributed by atoms with Gasteiger partial charge in [-0.15, -0.1) is 0 Å². The van der Waals surface area contributed by atoms with Crippen molar-refractivity contribution >= 4 is 17.8 Å². The van der Waals surface area contributed by atoms with E-state index >= 15 is 0 Å². The highest BCUT2D eigenvalue weighted by molar-refractivity contribution is 6.05. The van der Waals surface area contributed by atoms with Crippen molar-refractivity contribution in [3.05, 3.63) is 65.7 Å². The zero-order valence-corrected chi connectivity index (χ0v) is 15.7. The number of imide groups is 1. The van der Waals surface area contributed by atoms with E-state index in [9.17, 15) is 14.4 Å². The van der Waals surface area contributed by atoms with Crippen molar-refractivity contribution in [2.75, 3.05) is 13.7 Å². The summed E-state index contributed by atoms with van der Waals surface area (Å²) < 4.78 is 5.11. The second-order valence-electron chi connectivity index (χ2n) is 6.56. The van der Waals surface area contributed by atoms with Crippen LogP contribution in [0.25, 0.3) is 0 Å². The van der Waals surface area contributed by atoms with Gasteiger partial charge in [-0.1, -0.05) is 42.5 Å². The van der Waals surface area contributed by atoms with E-state index in [1.54, 1.807) is 7.11 Å². The number of hydrogen-bond acceptors (Lipinski definition) is 4. The number of carbonyl (C=O) groups is 3. The van der Waals surface area contributed by atoms with Crippen LogP contribution in [0, 0.1) is 0 Å². The van der Waals surface area contributed by atoms with Crippen LogP contribution in [0.2, 0.25) is 0 Å². The Morgan fingerprint density at radius 2 is 1.79 bits per heavy atom. The lowest BCUT2D eigenvalue weighted by Crippen LogP contribution is -2.36. The molecule has 1 fully saturated rings. The van der Waals surface area contributed by atoms with Crippen molar-refractivity contribution in [1.82, 2.24) is 15.5 Å². The van der Waals surface area contributed by atoms with Crippen molar-refractivity contribution in [3.8, 4) is 5.75 Å². The molecule has 1 aliphatic heterocycles. The summed E-state index contributed by atoms with van der Waals surface area (Å²) in [6.07, 6.45) is 0.465. The first-order chi connectivity index (χ1) is 13.6. The van der Waals surface area contributed by atoms with E-state index in [4.69, 9.17) is 4.74 Å². The third-order valence-electron chi connectivity index (χ3n) is 4.61. The molecule has 1 saturated heterocycles. The number of amides is 4. The fourth-order valence-corrected chi connectivity index (χ4v) is 3.01. The maximum atomic E-state index is 12.5. The predicted octanol–water partition coefficient (Wildman–Crippen LogP) is 1.86. The van der Waals surface area contributed by atoms with Gasteiger partial charge in [0.05, 0.1) is 13.5 Å². The van der Waals surface area contributed by atoms with Gasteiger partial charge in [0.1, 0.15) is 11.8 Å². The Labute approximate surface area is 163 Å². The summed E-state index contributed by atoms with van der Waals surface area (Å²) in [6, 6.07) is 15.7. The lowest BCUT2D eigenvalue weighted by Gasteiger charge is -2.13. The highest BCUT2D eigenvalue weighted by Gasteiger charge is 2.38. The summed E-state index contributed by atoms with van der Waals surface area (Å²) >= 11 is 0. The van der Waals surface area contributed by atoms with E-state index in [1.807, 2.05) is 54.6 Å². The quantitative estimate of drug-likeness (QED) is 0.684. The number of ether oxygens (including phenoxy) is 1. The predicted molar refractivity (Wildman–Crippen MR) is 104 cm³/mol. The molecule has 4 amide bonds. The van der Waals surface area contributed by atoms with Gasteiger partial charge in [0, 0.05) is 13.1 Å². The normalized spacial score (nSPS) is 16.0. The highest BCUT2D eigenvalue weighted by atomic mass is 16.5. The minimum absolute atomic E-state index is 0.0730. The molecule has 0 bridgehead atoms. The molecule has 28 heavy (non-hydrogen) atoms.